The number of methoxy groups -OCH3 is 1. The standard InChI is InChI=1S/C20H29ClN2O3/c1-14(2)13-26-16-8-7-15-11-23(10-9-22(15)12-16)20(24)17-5-4-6-18(25-3)19(17)21/h4-6,14-16H,7-13H2,1-3H3/t15-,16+/m1/s1. The number of piperidine rings is 1. The van der Waals surface area contributed by atoms with Crippen LogP contribution in [-0.4, -0.2) is 67.7 Å². The summed E-state index contributed by atoms with van der Waals surface area (Å²) in [5.41, 5.74) is 0.522. The summed E-state index contributed by atoms with van der Waals surface area (Å²) in [5.74, 6) is 1.10. The molecule has 0 aromatic heterocycles. The Kier molecular flexibility index (Phi) is 6.43. The molecular weight excluding hydrogens is 352 g/mol. The molecule has 2 heterocycles. The highest BCUT2D eigenvalue weighted by atomic mass is 35.5. The van der Waals surface area contributed by atoms with E-state index in [1.165, 1.54) is 0 Å². The predicted octanol–water partition coefficient (Wildman–Crippen LogP) is 3.31. The zero-order valence-electron chi connectivity index (χ0n) is 15.9. The lowest BCUT2D eigenvalue weighted by molar-refractivity contribution is -0.0469. The fourth-order valence-electron chi connectivity index (χ4n) is 3.79. The number of carbonyl (C=O) groups excluding carboxylic acids is 1. The number of amides is 1. The van der Waals surface area contributed by atoms with Crippen LogP contribution in [0.2, 0.25) is 5.02 Å². The number of carbonyl (C=O) groups is 1. The Hall–Kier alpha value is -1.30. The summed E-state index contributed by atoms with van der Waals surface area (Å²) in [5, 5.41) is 0.397. The first kappa shape index (κ1) is 19.5. The number of hydrogen-bond acceptors (Lipinski definition) is 4. The molecule has 0 aliphatic carbocycles. The van der Waals surface area contributed by atoms with Crippen LogP contribution in [0.4, 0.5) is 0 Å². The minimum atomic E-state index is -0.00766. The van der Waals surface area contributed by atoms with Crippen LogP contribution >= 0.6 is 11.6 Å². The molecule has 26 heavy (non-hydrogen) atoms. The number of rotatable bonds is 5. The maximum absolute atomic E-state index is 12.9. The van der Waals surface area contributed by atoms with E-state index in [0.717, 1.165) is 45.6 Å². The van der Waals surface area contributed by atoms with Crippen molar-refractivity contribution in [1.29, 1.82) is 0 Å². The van der Waals surface area contributed by atoms with Gasteiger partial charge in [0.05, 0.1) is 23.8 Å². The first-order valence-electron chi connectivity index (χ1n) is 9.47. The van der Waals surface area contributed by atoms with Crippen molar-refractivity contribution < 1.29 is 14.3 Å². The van der Waals surface area contributed by atoms with Crippen LogP contribution in [0.25, 0.3) is 0 Å². The van der Waals surface area contributed by atoms with Crippen molar-refractivity contribution in [3.63, 3.8) is 0 Å². The van der Waals surface area contributed by atoms with Gasteiger partial charge in [0, 0.05) is 38.8 Å². The second-order valence-corrected chi connectivity index (χ2v) is 8.03. The summed E-state index contributed by atoms with van der Waals surface area (Å²) in [6.07, 6.45) is 2.46. The van der Waals surface area contributed by atoms with Crippen molar-refractivity contribution >= 4 is 17.5 Å². The van der Waals surface area contributed by atoms with E-state index in [1.54, 1.807) is 19.2 Å². The van der Waals surface area contributed by atoms with E-state index in [4.69, 9.17) is 21.1 Å². The zero-order valence-corrected chi connectivity index (χ0v) is 16.7. The molecule has 2 atom stereocenters. The summed E-state index contributed by atoms with van der Waals surface area (Å²) in [6.45, 7) is 8.52. The molecule has 2 aliphatic rings. The lowest BCUT2D eigenvalue weighted by Gasteiger charge is -2.46. The highest BCUT2D eigenvalue weighted by Gasteiger charge is 2.35. The van der Waals surface area contributed by atoms with Gasteiger partial charge in [-0.15, -0.1) is 0 Å². The first-order chi connectivity index (χ1) is 12.5. The van der Waals surface area contributed by atoms with Crippen molar-refractivity contribution in [2.24, 2.45) is 5.92 Å². The Morgan fingerprint density at radius 1 is 1.27 bits per heavy atom. The number of fused-ring (bicyclic) bond motifs is 1. The number of nitrogens with zero attached hydrogens (tertiary/aromatic N) is 2. The summed E-state index contributed by atoms with van der Waals surface area (Å²) < 4.78 is 11.3. The fourth-order valence-corrected chi connectivity index (χ4v) is 4.08. The predicted molar refractivity (Wildman–Crippen MR) is 103 cm³/mol. The molecule has 6 heteroatoms. The van der Waals surface area contributed by atoms with Crippen molar-refractivity contribution in [2.75, 3.05) is 39.9 Å². The Labute approximate surface area is 161 Å². The monoisotopic (exact) mass is 380 g/mol. The SMILES string of the molecule is COc1cccc(C(=O)N2CCN3C[C@@H](OCC(C)C)CC[C@@H]3C2)c1Cl. The summed E-state index contributed by atoms with van der Waals surface area (Å²) in [4.78, 5) is 17.4. The molecule has 2 saturated heterocycles. The normalized spacial score (nSPS) is 23.8. The van der Waals surface area contributed by atoms with E-state index in [2.05, 4.69) is 18.7 Å². The van der Waals surface area contributed by atoms with Crippen LogP contribution in [0.1, 0.15) is 37.0 Å². The van der Waals surface area contributed by atoms with E-state index in [0.29, 0.717) is 34.4 Å². The third-order valence-electron chi connectivity index (χ3n) is 5.23. The molecular formula is C20H29ClN2O3. The van der Waals surface area contributed by atoms with Gasteiger partial charge in [0.2, 0.25) is 0 Å². The second kappa shape index (κ2) is 8.59. The third-order valence-corrected chi connectivity index (χ3v) is 5.62. The van der Waals surface area contributed by atoms with Gasteiger partial charge >= 0.3 is 0 Å². The largest absolute Gasteiger partial charge is 0.495 e. The molecule has 5 nitrogen and oxygen atoms in total. The summed E-state index contributed by atoms with van der Waals surface area (Å²) in [7, 11) is 1.56. The van der Waals surface area contributed by atoms with Gasteiger partial charge in [-0.3, -0.25) is 9.69 Å². The lowest BCUT2D eigenvalue weighted by atomic mass is 9.97. The molecule has 0 unspecified atom stereocenters. The molecule has 0 N–H and O–H groups in total. The van der Waals surface area contributed by atoms with Crippen molar-refractivity contribution in [3.05, 3.63) is 28.8 Å². The number of benzene rings is 1. The Bertz CT molecular complexity index is 637. The average Bonchev–Trinajstić information content (AvgIpc) is 2.65. The molecule has 1 aromatic rings. The Morgan fingerprint density at radius 2 is 2.08 bits per heavy atom. The average molecular weight is 381 g/mol. The summed E-state index contributed by atoms with van der Waals surface area (Å²) in [6, 6.07) is 5.77. The number of hydrogen-bond donors (Lipinski definition) is 0. The van der Waals surface area contributed by atoms with E-state index in [9.17, 15) is 4.79 Å². The van der Waals surface area contributed by atoms with Crippen LogP contribution in [0.15, 0.2) is 18.2 Å². The highest BCUT2D eigenvalue weighted by molar-refractivity contribution is 6.35. The molecule has 2 aliphatic heterocycles. The Balaban J connectivity index is 1.60. The van der Waals surface area contributed by atoms with E-state index >= 15 is 0 Å². The molecule has 0 saturated carbocycles. The van der Waals surface area contributed by atoms with Gasteiger partial charge < -0.3 is 14.4 Å². The molecule has 0 bridgehead atoms. The Morgan fingerprint density at radius 3 is 2.81 bits per heavy atom. The fraction of sp³-hybridized carbons (Fsp3) is 0.650. The minimum absolute atomic E-state index is 0.00766. The number of halogens is 1. The molecule has 1 amide bonds. The second-order valence-electron chi connectivity index (χ2n) is 7.65. The molecule has 2 fully saturated rings. The molecule has 3 rings (SSSR count). The van der Waals surface area contributed by atoms with Gasteiger partial charge in [0.25, 0.3) is 5.91 Å². The maximum atomic E-state index is 12.9. The smallest absolute Gasteiger partial charge is 0.255 e. The topological polar surface area (TPSA) is 42.0 Å². The van der Waals surface area contributed by atoms with Crippen LogP contribution < -0.4 is 4.74 Å². The lowest BCUT2D eigenvalue weighted by Crippen LogP contribution is -2.58. The highest BCUT2D eigenvalue weighted by Crippen LogP contribution is 2.30. The van der Waals surface area contributed by atoms with Gasteiger partial charge in [-0.25, -0.2) is 0 Å². The van der Waals surface area contributed by atoms with Gasteiger partial charge in [-0.2, -0.15) is 0 Å². The van der Waals surface area contributed by atoms with Gasteiger partial charge in [-0.1, -0.05) is 31.5 Å². The van der Waals surface area contributed by atoms with Crippen molar-refractivity contribution in [2.45, 2.75) is 38.8 Å². The summed E-state index contributed by atoms with van der Waals surface area (Å²) >= 11 is 6.34. The molecule has 144 valence electrons. The molecule has 1 aromatic carbocycles. The van der Waals surface area contributed by atoms with Gasteiger partial charge in [0.1, 0.15) is 5.75 Å². The third kappa shape index (κ3) is 4.33. The number of piperazine rings is 1. The van der Waals surface area contributed by atoms with Gasteiger partial charge in [-0.05, 0) is 30.9 Å². The minimum Gasteiger partial charge on any atom is -0.495 e. The molecule has 0 radical (unpaired) electrons. The molecule has 0 spiro atoms. The van der Waals surface area contributed by atoms with Crippen LogP contribution in [0.3, 0.4) is 0 Å². The zero-order chi connectivity index (χ0) is 18.7. The van der Waals surface area contributed by atoms with Crippen LogP contribution in [0, 0.1) is 5.92 Å². The maximum Gasteiger partial charge on any atom is 0.255 e. The van der Waals surface area contributed by atoms with E-state index in [1.807, 2.05) is 11.0 Å². The van der Waals surface area contributed by atoms with E-state index in [-0.39, 0.29) is 5.91 Å². The van der Waals surface area contributed by atoms with Crippen LogP contribution in [-0.2, 0) is 4.74 Å². The first-order valence-corrected chi connectivity index (χ1v) is 9.84. The number of ether oxygens (including phenoxy) is 2. The van der Waals surface area contributed by atoms with E-state index < -0.39 is 0 Å². The van der Waals surface area contributed by atoms with Crippen molar-refractivity contribution in [3.8, 4) is 5.75 Å². The van der Waals surface area contributed by atoms with Crippen molar-refractivity contribution in [1.82, 2.24) is 9.80 Å². The van der Waals surface area contributed by atoms with Crippen LogP contribution in [0.5, 0.6) is 5.75 Å². The van der Waals surface area contributed by atoms with Gasteiger partial charge in [0.15, 0.2) is 0 Å². The quantitative estimate of drug-likeness (QED) is 0.785.